The molecule has 0 aliphatic carbocycles. The van der Waals surface area contributed by atoms with Gasteiger partial charge < -0.3 is 5.73 Å². The Morgan fingerprint density at radius 3 is 2.62 bits per heavy atom. The smallest absolute Gasteiger partial charge is 0.186 e. The number of rotatable bonds is 1. The van der Waals surface area contributed by atoms with E-state index in [1.807, 2.05) is 0 Å². The van der Waals surface area contributed by atoms with Gasteiger partial charge in [-0.25, -0.2) is 22.8 Å². The summed E-state index contributed by atoms with van der Waals surface area (Å²) >= 11 is 0. The second kappa shape index (κ2) is 3.65. The minimum Gasteiger partial charge on any atom is -0.381 e. The number of nitrogen functional groups attached to an aromatic ring is 1. The molecule has 0 aromatic carbocycles. The van der Waals surface area contributed by atoms with Crippen molar-refractivity contribution in [2.24, 2.45) is 0 Å². The number of aromatic nitrogens is 2. The monoisotopic (exact) mass is 245 g/mol. The van der Waals surface area contributed by atoms with Crippen molar-refractivity contribution in [3.63, 3.8) is 0 Å². The molecule has 1 fully saturated rings. The minimum absolute atomic E-state index is 0.0253. The summed E-state index contributed by atoms with van der Waals surface area (Å²) in [7, 11) is -2.99. The number of nitrogens with two attached hydrogens (primary N) is 1. The van der Waals surface area contributed by atoms with Gasteiger partial charge in [0.2, 0.25) is 0 Å². The molecule has 5 nitrogen and oxygen atoms in total. The third-order valence-electron chi connectivity index (χ3n) is 2.66. The molecule has 1 aromatic rings. The maximum atomic E-state index is 13.2. The van der Waals surface area contributed by atoms with Crippen molar-refractivity contribution in [3.05, 3.63) is 17.3 Å². The summed E-state index contributed by atoms with van der Waals surface area (Å²) in [4.78, 5) is 7.76. The van der Waals surface area contributed by atoms with E-state index in [1.165, 1.54) is 6.92 Å². The van der Waals surface area contributed by atoms with Crippen LogP contribution in [-0.4, -0.2) is 29.9 Å². The van der Waals surface area contributed by atoms with Crippen molar-refractivity contribution in [1.29, 1.82) is 0 Å². The van der Waals surface area contributed by atoms with Crippen LogP contribution in [0.1, 0.15) is 23.9 Å². The van der Waals surface area contributed by atoms with Crippen molar-refractivity contribution >= 4 is 15.7 Å². The molecule has 2 heterocycles. The van der Waals surface area contributed by atoms with E-state index >= 15 is 0 Å². The van der Waals surface area contributed by atoms with Gasteiger partial charge >= 0.3 is 0 Å². The summed E-state index contributed by atoms with van der Waals surface area (Å²) in [5.41, 5.74) is 5.54. The van der Waals surface area contributed by atoms with E-state index in [1.54, 1.807) is 0 Å². The van der Waals surface area contributed by atoms with E-state index in [0.29, 0.717) is 12.2 Å². The lowest BCUT2D eigenvalue weighted by atomic mass is 10.1. The number of anilines is 1. The van der Waals surface area contributed by atoms with E-state index < -0.39 is 15.7 Å². The molecular weight excluding hydrogens is 233 g/mol. The predicted molar refractivity (Wildman–Crippen MR) is 57.2 cm³/mol. The van der Waals surface area contributed by atoms with Gasteiger partial charge in [-0.3, -0.25) is 0 Å². The SMILES string of the molecule is Cc1nc(C2CCS(=O)(=O)C2)nc(N)c1F. The second-order valence-corrected chi connectivity index (χ2v) is 6.20. The van der Waals surface area contributed by atoms with Crippen molar-refractivity contribution in [2.45, 2.75) is 19.3 Å². The number of sulfone groups is 1. The first kappa shape index (κ1) is 11.3. The quantitative estimate of drug-likeness (QED) is 0.774. The second-order valence-electron chi connectivity index (χ2n) is 3.97. The Labute approximate surface area is 92.8 Å². The van der Waals surface area contributed by atoms with Gasteiger partial charge in [-0.15, -0.1) is 0 Å². The van der Waals surface area contributed by atoms with Gasteiger partial charge in [-0.05, 0) is 13.3 Å². The molecule has 0 saturated carbocycles. The van der Waals surface area contributed by atoms with Gasteiger partial charge in [-0.1, -0.05) is 0 Å². The zero-order valence-electron chi connectivity index (χ0n) is 8.77. The topological polar surface area (TPSA) is 85.9 Å². The molecule has 88 valence electrons. The van der Waals surface area contributed by atoms with Crippen LogP contribution in [0.3, 0.4) is 0 Å². The Morgan fingerprint density at radius 1 is 1.44 bits per heavy atom. The third-order valence-corrected chi connectivity index (χ3v) is 4.43. The van der Waals surface area contributed by atoms with Crippen molar-refractivity contribution in [2.75, 3.05) is 17.2 Å². The molecule has 1 unspecified atom stereocenters. The Balaban J connectivity index is 2.36. The van der Waals surface area contributed by atoms with Crippen LogP contribution in [-0.2, 0) is 9.84 Å². The van der Waals surface area contributed by atoms with E-state index in [4.69, 9.17) is 5.73 Å². The number of hydrogen-bond donors (Lipinski definition) is 1. The molecule has 1 saturated heterocycles. The zero-order valence-corrected chi connectivity index (χ0v) is 9.59. The Bertz CT molecular complexity index is 507. The van der Waals surface area contributed by atoms with Crippen LogP contribution in [0.5, 0.6) is 0 Å². The highest BCUT2D eigenvalue weighted by Crippen LogP contribution is 2.27. The molecule has 2 rings (SSSR count). The highest BCUT2D eigenvalue weighted by Gasteiger charge is 2.31. The Kier molecular flexibility index (Phi) is 2.57. The lowest BCUT2D eigenvalue weighted by Crippen LogP contribution is -2.11. The van der Waals surface area contributed by atoms with E-state index in [2.05, 4.69) is 9.97 Å². The molecular formula is C9H12FN3O2S. The molecule has 16 heavy (non-hydrogen) atoms. The summed E-state index contributed by atoms with van der Waals surface area (Å²) in [6, 6.07) is 0. The van der Waals surface area contributed by atoms with Gasteiger partial charge in [0.1, 0.15) is 5.82 Å². The Hall–Kier alpha value is -1.24. The normalized spacial score (nSPS) is 23.5. The fraction of sp³-hybridized carbons (Fsp3) is 0.556. The number of nitrogens with zero attached hydrogens (tertiary/aromatic N) is 2. The first-order valence-corrected chi connectivity index (χ1v) is 6.71. The van der Waals surface area contributed by atoms with Gasteiger partial charge in [0.25, 0.3) is 0 Å². The van der Waals surface area contributed by atoms with Crippen molar-refractivity contribution in [3.8, 4) is 0 Å². The van der Waals surface area contributed by atoms with E-state index in [-0.39, 0.29) is 28.9 Å². The lowest BCUT2D eigenvalue weighted by molar-refractivity contribution is 0.592. The largest absolute Gasteiger partial charge is 0.381 e. The maximum absolute atomic E-state index is 13.2. The molecule has 0 bridgehead atoms. The van der Waals surface area contributed by atoms with Crippen molar-refractivity contribution < 1.29 is 12.8 Å². The maximum Gasteiger partial charge on any atom is 0.186 e. The summed E-state index contributed by atoms with van der Waals surface area (Å²) in [5.74, 6) is -0.616. The number of halogens is 1. The van der Waals surface area contributed by atoms with Crippen LogP contribution >= 0.6 is 0 Å². The number of aryl methyl sites for hydroxylation is 1. The minimum atomic E-state index is -2.99. The molecule has 1 aliphatic heterocycles. The molecule has 1 aliphatic rings. The van der Waals surface area contributed by atoms with Crippen LogP contribution in [0, 0.1) is 12.7 Å². The summed E-state index contributed by atoms with van der Waals surface area (Å²) in [5, 5.41) is 0. The molecule has 0 radical (unpaired) electrons. The third kappa shape index (κ3) is 1.99. The van der Waals surface area contributed by atoms with Crippen LogP contribution < -0.4 is 5.73 Å². The van der Waals surface area contributed by atoms with Crippen LogP contribution in [0.15, 0.2) is 0 Å². The van der Waals surface area contributed by atoms with Crippen LogP contribution in [0.25, 0.3) is 0 Å². The Morgan fingerprint density at radius 2 is 2.12 bits per heavy atom. The molecule has 1 atom stereocenters. The van der Waals surface area contributed by atoms with Gasteiger partial charge in [-0.2, -0.15) is 0 Å². The molecule has 2 N–H and O–H groups in total. The molecule has 1 aromatic heterocycles. The highest BCUT2D eigenvalue weighted by atomic mass is 32.2. The zero-order chi connectivity index (χ0) is 11.9. The first-order valence-electron chi connectivity index (χ1n) is 4.89. The van der Waals surface area contributed by atoms with Gasteiger partial charge in [0.15, 0.2) is 21.5 Å². The fourth-order valence-electron chi connectivity index (χ4n) is 1.78. The van der Waals surface area contributed by atoms with Crippen LogP contribution in [0.2, 0.25) is 0 Å². The van der Waals surface area contributed by atoms with Gasteiger partial charge in [0, 0.05) is 5.92 Å². The van der Waals surface area contributed by atoms with Gasteiger partial charge in [0.05, 0.1) is 17.2 Å². The average molecular weight is 245 g/mol. The highest BCUT2D eigenvalue weighted by molar-refractivity contribution is 7.91. The van der Waals surface area contributed by atoms with Crippen LogP contribution in [0.4, 0.5) is 10.2 Å². The standard InChI is InChI=1S/C9H12FN3O2S/c1-5-7(10)8(11)13-9(12-5)6-2-3-16(14,15)4-6/h6H,2-4H2,1H3,(H2,11,12,13). The average Bonchev–Trinajstić information content (AvgIpc) is 2.54. The molecule has 7 heteroatoms. The molecule has 0 amide bonds. The lowest BCUT2D eigenvalue weighted by Gasteiger charge is -2.08. The fourth-order valence-corrected chi connectivity index (χ4v) is 3.52. The first-order chi connectivity index (χ1) is 7.39. The summed E-state index contributed by atoms with van der Waals surface area (Å²) in [6.45, 7) is 1.49. The number of hydrogen-bond acceptors (Lipinski definition) is 5. The van der Waals surface area contributed by atoms with E-state index in [0.717, 1.165) is 0 Å². The van der Waals surface area contributed by atoms with E-state index in [9.17, 15) is 12.8 Å². The summed E-state index contributed by atoms with van der Waals surface area (Å²) in [6.07, 6.45) is 0.479. The summed E-state index contributed by atoms with van der Waals surface area (Å²) < 4.78 is 35.8. The van der Waals surface area contributed by atoms with Crippen molar-refractivity contribution in [1.82, 2.24) is 9.97 Å². The molecule has 0 spiro atoms. The predicted octanol–water partition coefficient (Wildman–Crippen LogP) is 0.408.